The second-order valence-electron chi connectivity index (χ2n) is 3.32. The maximum atomic E-state index is 5.14. The lowest BCUT2D eigenvalue weighted by Crippen LogP contribution is -2.15. The molecule has 0 heterocycles. The molecule has 0 saturated heterocycles. The first-order valence-corrected chi connectivity index (χ1v) is 5.63. The first-order valence-electron chi connectivity index (χ1n) is 4.83. The maximum absolute atomic E-state index is 5.14. The molecule has 0 atom stereocenters. The first kappa shape index (κ1) is 12.4. The molecule has 0 aliphatic heterocycles. The van der Waals surface area contributed by atoms with Gasteiger partial charge in [0.25, 0.3) is 0 Å². The Bertz CT molecular complexity index is 325. The summed E-state index contributed by atoms with van der Waals surface area (Å²) >= 11 is 3.32. The highest BCUT2D eigenvalue weighted by molar-refractivity contribution is 9.11. The van der Waals surface area contributed by atoms with Gasteiger partial charge in [-0.05, 0) is 11.1 Å². The highest BCUT2D eigenvalue weighted by Gasteiger charge is 2.00. The van der Waals surface area contributed by atoms with Crippen molar-refractivity contribution < 1.29 is 4.74 Å². The van der Waals surface area contributed by atoms with E-state index in [0.717, 1.165) is 17.6 Å². The molecule has 0 amide bonds. The lowest BCUT2D eigenvalue weighted by atomic mass is 10.1. The Kier molecular flexibility index (Phi) is 5.61. The van der Waals surface area contributed by atoms with Gasteiger partial charge >= 0.3 is 0 Å². The lowest BCUT2D eigenvalue weighted by Gasteiger charge is -2.09. The Morgan fingerprint density at radius 2 is 2.07 bits per heavy atom. The number of nitrogens with one attached hydrogen (secondary N) is 1. The van der Waals surface area contributed by atoms with Crippen LogP contribution in [0.2, 0.25) is 0 Å². The van der Waals surface area contributed by atoms with E-state index >= 15 is 0 Å². The average Bonchev–Trinajstić information content (AvgIpc) is 2.20. The van der Waals surface area contributed by atoms with Crippen LogP contribution in [-0.2, 0) is 17.9 Å². The smallest absolute Gasteiger partial charge is 0.0716 e. The number of hydrogen-bond acceptors (Lipinski definition) is 2. The summed E-state index contributed by atoms with van der Waals surface area (Å²) in [5.41, 5.74) is 2.50. The molecule has 0 aliphatic carbocycles. The van der Waals surface area contributed by atoms with Crippen LogP contribution < -0.4 is 5.32 Å². The Morgan fingerprint density at radius 3 is 2.67 bits per heavy atom. The number of rotatable bonds is 6. The van der Waals surface area contributed by atoms with Crippen molar-refractivity contribution in [3.05, 3.63) is 46.5 Å². The summed E-state index contributed by atoms with van der Waals surface area (Å²) in [6, 6.07) is 8.27. The van der Waals surface area contributed by atoms with Gasteiger partial charge in [-0.2, -0.15) is 0 Å². The summed E-state index contributed by atoms with van der Waals surface area (Å²) in [7, 11) is 1.71. The van der Waals surface area contributed by atoms with Gasteiger partial charge in [-0.1, -0.05) is 46.8 Å². The lowest BCUT2D eigenvalue weighted by molar-refractivity contribution is 0.184. The Labute approximate surface area is 99.5 Å². The molecule has 1 aromatic carbocycles. The molecule has 0 radical (unpaired) electrons. The van der Waals surface area contributed by atoms with Gasteiger partial charge in [0.05, 0.1) is 6.61 Å². The molecule has 1 aromatic rings. The highest BCUT2D eigenvalue weighted by Crippen LogP contribution is 2.09. The number of ether oxygens (including phenoxy) is 1. The quantitative estimate of drug-likeness (QED) is 0.858. The van der Waals surface area contributed by atoms with Crippen LogP contribution in [0, 0.1) is 0 Å². The van der Waals surface area contributed by atoms with Crippen molar-refractivity contribution in [2.75, 3.05) is 13.7 Å². The summed E-state index contributed by atoms with van der Waals surface area (Å²) in [5, 5.41) is 3.30. The SMILES string of the molecule is C=C(Br)CNCc1ccccc1COC. The fraction of sp³-hybridized carbons (Fsp3) is 0.333. The molecule has 0 aliphatic rings. The average molecular weight is 270 g/mol. The summed E-state index contributed by atoms with van der Waals surface area (Å²) in [4.78, 5) is 0. The van der Waals surface area contributed by atoms with Crippen LogP contribution in [-0.4, -0.2) is 13.7 Å². The normalized spacial score (nSPS) is 10.3. The minimum absolute atomic E-state index is 0.660. The number of halogens is 1. The van der Waals surface area contributed by atoms with Crippen LogP contribution >= 0.6 is 15.9 Å². The van der Waals surface area contributed by atoms with Crippen molar-refractivity contribution in [3.8, 4) is 0 Å². The Balaban J connectivity index is 2.55. The van der Waals surface area contributed by atoms with Crippen molar-refractivity contribution in [1.29, 1.82) is 0 Å². The van der Waals surface area contributed by atoms with Gasteiger partial charge < -0.3 is 10.1 Å². The van der Waals surface area contributed by atoms with Crippen LogP contribution in [0.3, 0.4) is 0 Å². The second-order valence-corrected chi connectivity index (χ2v) is 4.44. The third-order valence-corrected chi connectivity index (χ3v) is 2.33. The van der Waals surface area contributed by atoms with E-state index in [1.54, 1.807) is 7.11 Å². The van der Waals surface area contributed by atoms with Crippen molar-refractivity contribution in [2.45, 2.75) is 13.2 Å². The number of methoxy groups -OCH3 is 1. The number of hydrogen-bond donors (Lipinski definition) is 1. The summed E-state index contributed by atoms with van der Waals surface area (Å²) in [5.74, 6) is 0. The summed E-state index contributed by atoms with van der Waals surface area (Å²) in [6.45, 7) is 6.05. The monoisotopic (exact) mass is 269 g/mol. The summed E-state index contributed by atoms with van der Waals surface area (Å²) in [6.07, 6.45) is 0. The van der Waals surface area contributed by atoms with Gasteiger partial charge in [0, 0.05) is 24.7 Å². The second kappa shape index (κ2) is 6.77. The van der Waals surface area contributed by atoms with Gasteiger partial charge in [-0.15, -0.1) is 0 Å². The fourth-order valence-electron chi connectivity index (χ4n) is 1.36. The van der Waals surface area contributed by atoms with Crippen LogP contribution in [0.4, 0.5) is 0 Å². The molecule has 82 valence electrons. The topological polar surface area (TPSA) is 21.3 Å². The van der Waals surface area contributed by atoms with E-state index < -0.39 is 0 Å². The van der Waals surface area contributed by atoms with E-state index in [2.05, 4.69) is 40.0 Å². The van der Waals surface area contributed by atoms with E-state index in [9.17, 15) is 0 Å². The van der Waals surface area contributed by atoms with Crippen molar-refractivity contribution >= 4 is 15.9 Å². The van der Waals surface area contributed by atoms with Crippen molar-refractivity contribution in [2.24, 2.45) is 0 Å². The van der Waals surface area contributed by atoms with Gasteiger partial charge in [0.15, 0.2) is 0 Å². The predicted octanol–water partition coefficient (Wildman–Crippen LogP) is 2.83. The molecule has 0 spiro atoms. The molecule has 0 saturated carbocycles. The van der Waals surface area contributed by atoms with Gasteiger partial charge in [0.2, 0.25) is 0 Å². The minimum atomic E-state index is 0.660. The van der Waals surface area contributed by atoms with Gasteiger partial charge in [-0.25, -0.2) is 0 Å². The third-order valence-electron chi connectivity index (χ3n) is 2.05. The number of benzene rings is 1. The largest absolute Gasteiger partial charge is 0.380 e. The highest BCUT2D eigenvalue weighted by atomic mass is 79.9. The van der Waals surface area contributed by atoms with Crippen LogP contribution in [0.1, 0.15) is 11.1 Å². The van der Waals surface area contributed by atoms with Crippen LogP contribution in [0.15, 0.2) is 35.3 Å². The predicted molar refractivity (Wildman–Crippen MR) is 66.9 cm³/mol. The zero-order valence-corrected chi connectivity index (χ0v) is 10.5. The zero-order valence-electron chi connectivity index (χ0n) is 8.92. The minimum Gasteiger partial charge on any atom is -0.380 e. The molecule has 3 heteroatoms. The molecule has 1 N–H and O–H groups in total. The molecule has 0 unspecified atom stereocenters. The standard InChI is InChI=1S/C12H16BrNO/c1-10(13)7-14-8-11-5-3-4-6-12(11)9-15-2/h3-6,14H,1,7-9H2,2H3. The molecule has 1 rings (SSSR count). The Morgan fingerprint density at radius 1 is 1.40 bits per heavy atom. The van der Waals surface area contributed by atoms with E-state index in [0.29, 0.717) is 6.61 Å². The molecular formula is C12H16BrNO. The summed E-state index contributed by atoms with van der Waals surface area (Å²) < 4.78 is 6.11. The molecule has 0 bridgehead atoms. The molecule has 0 aromatic heterocycles. The molecule has 2 nitrogen and oxygen atoms in total. The fourth-order valence-corrected chi connectivity index (χ4v) is 1.56. The molecular weight excluding hydrogens is 254 g/mol. The Hall–Kier alpha value is -0.640. The molecule has 0 fully saturated rings. The van der Waals surface area contributed by atoms with E-state index in [4.69, 9.17) is 4.74 Å². The van der Waals surface area contributed by atoms with Crippen molar-refractivity contribution in [1.82, 2.24) is 5.32 Å². The van der Waals surface area contributed by atoms with Crippen LogP contribution in [0.5, 0.6) is 0 Å². The molecule has 15 heavy (non-hydrogen) atoms. The van der Waals surface area contributed by atoms with Gasteiger partial charge in [-0.3, -0.25) is 0 Å². The zero-order chi connectivity index (χ0) is 11.1. The first-order chi connectivity index (χ1) is 7.24. The van der Waals surface area contributed by atoms with Crippen molar-refractivity contribution in [3.63, 3.8) is 0 Å². The van der Waals surface area contributed by atoms with Gasteiger partial charge in [0.1, 0.15) is 0 Å². The van der Waals surface area contributed by atoms with Crippen LogP contribution in [0.25, 0.3) is 0 Å². The maximum Gasteiger partial charge on any atom is 0.0716 e. The van der Waals surface area contributed by atoms with E-state index in [1.165, 1.54) is 11.1 Å². The van der Waals surface area contributed by atoms with E-state index in [-0.39, 0.29) is 0 Å². The third kappa shape index (κ3) is 4.60. The van der Waals surface area contributed by atoms with E-state index in [1.807, 2.05) is 12.1 Å².